The molecule has 2 aromatic heterocycles. The lowest BCUT2D eigenvalue weighted by Crippen LogP contribution is -2.34. The van der Waals surface area contributed by atoms with Gasteiger partial charge in [-0.05, 0) is 37.1 Å². The minimum Gasteiger partial charge on any atom is -0.497 e. The summed E-state index contributed by atoms with van der Waals surface area (Å²) in [6.45, 7) is 3.05. The lowest BCUT2D eigenvalue weighted by molar-refractivity contribution is 0.198. The van der Waals surface area contributed by atoms with Gasteiger partial charge in [0.1, 0.15) is 11.3 Å². The molecule has 7 heteroatoms. The molecule has 1 aliphatic rings. The van der Waals surface area contributed by atoms with Gasteiger partial charge in [-0.25, -0.2) is 14.6 Å². The highest BCUT2D eigenvalue weighted by atomic mass is 35.5. The number of fused-ring (bicyclic) bond motifs is 1. The molecule has 0 amide bonds. The first-order chi connectivity index (χ1) is 12.2. The number of aryl methyl sites for hydroxylation is 1. The molecule has 26 heavy (non-hydrogen) atoms. The van der Waals surface area contributed by atoms with Crippen LogP contribution in [0.2, 0.25) is 0 Å². The maximum absolute atomic E-state index is 5.34. The molecular weight excluding hydrogens is 350 g/mol. The second-order valence-corrected chi connectivity index (χ2v) is 6.66. The Kier molecular flexibility index (Phi) is 5.74. The number of nitrogens with zero attached hydrogens (tertiary/aromatic N) is 5. The fraction of sp³-hybridized carbons (Fsp3) is 0.421. The third kappa shape index (κ3) is 3.66. The number of aromatic nitrogens is 4. The van der Waals surface area contributed by atoms with Crippen molar-refractivity contribution in [3.05, 3.63) is 47.9 Å². The van der Waals surface area contributed by atoms with Crippen molar-refractivity contribution in [3.8, 4) is 5.75 Å². The minimum absolute atomic E-state index is 0. The number of hydrogen-bond acceptors (Lipinski definition) is 5. The Morgan fingerprint density at radius 3 is 2.92 bits per heavy atom. The van der Waals surface area contributed by atoms with Gasteiger partial charge in [-0.3, -0.25) is 4.90 Å². The molecule has 1 unspecified atom stereocenters. The summed E-state index contributed by atoms with van der Waals surface area (Å²) in [4.78, 5) is 11.4. The highest BCUT2D eigenvalue weighted by Crippen LogP contribution is 2.30. The third-order valence-electron chi connectivity index (χ3n) is 4.92. The van der Waals surface area contributed by atoms with Crippen molar-refractivity contribution < 1.29 is 4.74 Å². The van der Waals surface area contributed by atoms with Crippen LogP contribution in [0.5, 0.6) is 5.75 Å². The standard InChI is InChI=1S/C19H23N5O.ClH/c1-23-19-18(20-8-9-21-19)17(22-23)15-6-4-10-24(13-15)12-14-5-3-7-16(11-14)25-2;/h3,5,7-9,11,15H,4,6,10,12-13H2,1-2H3;1H. The first-order valence-electron chi connectivity index (χ1n) is 8.73. The zero-order valence-electron chi connectivity index (χ0n) is 15.1. The van der Waals surface area contributed by atoms with Crippen LogP contribution in [0.25, 0.3) is 11.2 Å². The summed E-state index contributed by atoms with van der Waals surface area (Å²) in [5.41, 5.74) is 4.17. The molecule has 1 aromatic carbocycles. The Morgan fingerprint density at radius 2 is 2.08 bits per heavy atom. The third-order valence-corrected chi connectivity index (χ3v) is 4.92. The van der Waals surface area contributed by atoms with Crippen LogP contribution in [0, 0.1) is 0 Å². The molecule has 0 bridgehead atoms. The Bertz CT molecular complexity index is 881. The van der Waals surface area contributed by atoms with E-state index in [-0.39, 0.29) is 12.4 Å². The average molecular weight is 374 g/mol. The second-order valence-electron chi connectivity index (χ2n) is 6.66. The Balaban J connectivity index is 0.00000196. The van der Waals surface area contributed by atoms with E-state index in [0.717, 1.165) is 48.7 Å². The molecule has 0 radical (unpaired) electrons. The van der Waals surface area contributed by atoms with E-state index in [2.05, 4.69) is 33.1 Å². The summed E-state index contributed by atoms with van der Waals surface area (Å²) in [5, 5.41) is 4.73. The Hall–Kier alpha value is -2.18. The molecule has 0 N–H and O–H groups in total. The number of halogens is 1. The van der Waals surface area contributed by atoms with Gasteiger partial charge in [-0.2, -0.15) is 5.10 Å². The van der Waals surface area contributed by atoms with E-state index in [0.29, 0.717) is 5.92 Å². The monoisotopic (exact) mass is 373 g/mol. The quantitative estimate of drug-likeness (QED) is 0.703. The summed E-state index contributed by atoms with van der Waals surface area (Å²) in [5.74, 6) is 1.32. The molecule has 0 saturated carbocycles. The smallest absolute Gasteiger partial charge is 0.176 e. The van der Waals surface area contributed by atoms with Crippen molar-refractivity contribution in [1.29, 1.82) is 0 Å². The predicted octanol–water partition coefficient (Wildman–Crippen LogP) is 3.17. The van der Waals surface area contributed by atoms with E-state index in [1.807, 2.05) is 17.8 Å². The maximum atomic E-state index is 5.34. The largest absolute Gasteiger partial charge is 0.497 e. The van der Waals surface area contributed by atoms with Crippen molar-refractivity contribution in [2.45, 2.75) is 25.3 Å². The molecule has 1 aliphatic heterocycles. The van der Waals surface area contributed by atoms with Crippen LogP contribution in [0.3, 0.4) is 0 Å². The van der Waals surface area contributed by atoms with Crippen molar-refractivity contribution in [2.75, 3.05) is 20.2 Å². The van der Waals surface area contributed by atoms with E-state index >= 15 is 0 Å². The number of likely N-dealkylation sites (tertiary alicyclic amines) is 1. The number of piperidine rings is 1. The fourth-order valence-corrected chi connectivity index (χ4v) is 3.73. The summed E-state index contributed by atoms with van der Waals surface area (Å²) >= 11 is 0. The predicted molar refractivity (Wildman–Crippen MR) is 104 cm³/mol. The van der Waals surface area contributed by atoms with E-state index in [1.165, 1.54) is 12.0 Å². The Labute approximate surface area is 159 Å². The van der Waals surface area contributed by atoms with Crippen molar-refractivity contribution in [1.82, 2.24) is 24.6 Å². The van der Waals surface area contributed by atoms with Crippen LogP contribution in [0.4, 0.5) is 0 Å². The van der Waals surface area contributed by atoms with Crippen LogP contribution in [-0.4, -0.2) is 44.8 Å². The molecule has 6 nitrogen and oxygen atoms in total. The van der Waals surface area contributed by atoms with Gasteiger partial charge in [-0.1, -0.05) is 12.1 Å². The van der Waals surface area contributed by atoms with Gasteiger partial charge in [0.15, 0.2) is 5.65 Å². The van der Waals surface area contributed by atoms with Gasteiger partial charge in [0.2, 0.25) is 0 Å². The summed E-state index contributed by atoms with van der Waals surface area (Å²) in [7, 11) is 3.65. The first-order valence-corrected chi connectivity index (χ1v) is 8.73. The SMILES string of the molecule is COc1cccc(CN2CCCC(c3nn(C)c4nccnc34)C2)c1.Cl. The number of ether oxygens (including phenoxy) is 1. The van der Waals surface area contributed by atoms with Crippen molar-refractivity contribution >= 4 is 23.6 Å². The van der Waals surface area contributed by atoms with Crippen LogP contribution in [0.15, 0.2) is 36.7 Å². The van der Waals surface area contributed by atoms with Crippen LogP contribution in [-0.2, 0) is 13.6 Å². The fourth-order valence-electron chi connectivity index (χ4n) is 3.73. The zero-order valence-corrected chi connectivity index (χ0v) is 15.9. The van der Waals surface area contributed by atoms with Crippen LogP contribution < -0.4 is 4.74 Å². The van der Waals surface area contributed by atoms with Crippen LogP contribution >= 0.6 is 12.4 Å². The number of benzene rings is 1. The molecule has 1 saturated heterocycles. The summed E-state index contributed by atoms with van der Waals surface area (Å²) < 4.78 is 7.18. The highest BCUT2D eigenvalue weighted by molar-refractivity contribution is 5.85. The molecule has 138 valence electrons. The topological polar surface area (TPSA) is 56.1 Å². The molecule has 0 spiro atoms. The molecule has 3 heterocycles. The second kappa shape index (κ2) is 8.01. The normalized spacial score (nSPS) is 17.8. The van der Waals surface area contributed by atoms with E-state index in [9.17, 15) is 0 Å². The van der Waals surface area contributed by atoms with Gasteiger partial charge in [0.25, 0.3) is 0 Å². The van der Waals surface area contributed by atoms with E-state index in [4.69, 9.17) is 9.84 Å². The lowest BCUT2D eigenvalue weighted by Gasteiger charge is -2.32. The van der Waals surface area contributed by atoms with Gasteiger partial charge < -0.3 is 4.74 Å². The first kappa shape index (κ1) is 18.6. The Morgan fingerprint density at radius 1 is 1.23 bits per heavy atom. The molecule has 0 aliphatic carbocycles. The van der Waals surface area contributed by atoms with E-state index < -0.39 is 0 Å². The molecule has 1 atom stereocenters. The molecular formula is C19H24ClN5O. The molecule has 4 rings (SSSR count). The van der Waals surface area contributed by atoms with Crippen molar-refractivity contribution in [2.24, 2.45) is 7.05 Å². The minimum atomic E-state index is 0. The average Bonchev–Trinajstić information content (AvgIpc) is 2.99. The van der Waals surface area contributed by atoms with Crippen molar-refractivity contribution in [3.63, 3.8) is 0 Å². The van der Waals surface area contributed by atoms with Gasteiger partial charge >= 0.3 is 0 Å². The lowest BCUT2D eigenvalue weighted by atomic mass is 9.94. The van der Waals surface area contributed by atoms with Gasteiger partial charge in [0.05, 0.1) is 12.8 Å². The molecule has 1 fully saturated rings. The zero-order chi connectivity index (χ0) is 17.2. The number of hydrogen-bond donors (Lipinski definition) is 0. The summed E-state index contributed by atoms with van der Waals surface area (Å²) in [6.07, 6.45) is 5.80. The maximum Gasteiger partial charge on any atom is 0.176 e. The number of methoxy groups -OCH3 is 1. The summed E-state index contributed by atoms with van der Waals surface area (Å²) in [6, 6.07) is 8.32. The number of rotatable bonds is 4. The van der Waals surface area contributed by atoms with Gasteiger partial charge in [0, 0.05) is 38.4 Å². The molecule has 3 aromatic rings. The highest BCUT2D eigenvalue weighted by Gasteiger charge is 2.26. The van der Waals surface area contributed by atoms with E-state index in [1.54, 1.807) is 19.5 Å². The van der Waals surface area contributed by atoms with Crippen LogP contribution in [0.1, 0.15) is 30.0 Å². The van der Waals surface area contributed by atoms with Gasteiger partial charge in [-0.15, -0.1) is 12.4 Å².